The van der Waals surface area contributed by atoms with Gasteiger partial charge >= 0.3 is 7.82 Å². The van der Waals surface area contributed by atoms with Crippen LogP contribution in [-0.4, -0.2) is 83.8 Å². The van der Waals surface area contributed by atoms with E-state index in [0.29, 0.717) is 22.6 Å². The molecule has 0 bridgehead atoms. The minimum absolute atomic E-state index is 0.0915. The van der Waals surface area contributed by atoms with Crippen LogP contribution in [0.15, 0.2) is 24.8 Å². The highest BCUT2D eigenvalue weighted by Crippen LogP contribution is 2.39. The smallest absolute Gasteiger partial charge is 0.469 e. The molecule has 1 aliphatic heterocycles. The number of aromatic nitrogens is 4. The number of nitrogens with one attached hydrogen (secondary N) is 1. The molecule has 0 radical (unpaired) electrons. The molecule has 6 N–H and O–H groups in total. The Morgan fingerprint density at radius 2 is 1.83 bits per heavy atom. The first kappa shape index (κ1) is 25.1. The van der Waals surface area contributed by atoms with E-state index in [9.17, 15) is 19.9 Å². The van der Waals surface area contributed by atoms with Crippen LogP contribution >= 0.6 is 7.82 Å². The van der Waals surface area contributed by atoms with Crippen molar-refractivity contribution in [2.24, 2.45) is 0 Å². The molecular weight excluding hydrogens is 489 g/mol. The molecule has 3 heterocycles. The first-order valence-electron chi connectivity index (χ1n) is 10.2. The summed E-state index contributed by atoms with van der Waals surface area (Å²) in [5, 5.41) is 34.3. The third-order valence-electron chi connectivity index (χ3n) is 5.45. The molecule has 35 heavy (non-hydrogen) atoms. The lowest BCUT2D eigenvalue weighted by atomic mass is 10.1. The monoisotopic (exact) mass is 513 g/mol. The molecule has 0 aliphatic carbocycles. The number of phosphoric ester groups is 1. The highest BCUT2D eigenvalue weighted by molar-refractivity contribution is 7.46. The van der Waals surface area contributed by atoms with Gasteiger partial charge in [-0.1, -0.05) is 0 Å². The molecule has 4 rings (SSSR count). The van der Waals surface area contributed by atoms with E-state index in [2.05, 4.69) is 24.8 Å². The number of aromatic hydroxyl groups is 1. The lowest BCUT2D eigenvalue weighted by Crippen LogP contribution is -2.33. The predicted octanol–water partition coefficient (Wildman–Crippen LogP) is -0.110. The van der Waals surface area contributed by atoms with Gasteiger partial charge in [0.2, 0.25) is 0 Å². The maximum Gasteiger partial charge on any atom is 0.469 e. The van der Waals surface area contributed by atoms with Gasteiger partial charge in [-0.05, 0) is 12.1 Å². The van der Waals surface area contributed by atoms with E-state index in [4.69, 9.17) is 24.0 Å². The SMILES string of the molecule is COc1ccc(OC)c(CNc2ncnc3c2ncn3[C@@H]2O[C@H](COP(=O)(O)O)[C@@H](O)[C@H]2O)c1O. The summed E-state index contributed by atoms with van der Waals surface area (Å²) in [6.45, 7) is -0.548. The summed E-state index contributed by atoms with van der Waals surface area (Å²) in [6, 6.07) is 3.22. The summed E-state index contributed by atoms with van der Waals surface area (Å²) in [5.41, 5.74) is 0.967. The lowest BCUT2D eigenvalue weighted by Gasteiger charge is -2.17. The summed E-state index contributed by atoms with van der Waals surface area (Å²) in [7, 11) is -1.90. The summed E-state index contributed by atoms with van der Waals surface area (Å²) in [4.78, 5) is 30.4. The van der Waals surface area contributed by atoms with Crippen molar-refractivity contribution in [3.8, 4) is 17.2 Å². The Balaban J connectivity index is 1.57. The van der Waals surface area contributed by atoms with Gasteiger partial charge in [-0.2, -0.15) is 0 Å². The Hall–Kier alpha value is -3.04. The average molecular weight is 513 g/mol. The van der Waals surface area contributed by atoms with E-state index < -0.39 is 39.0 Å². The summed E-state index contributed by atoms with van der Waals surface area (Å²) in [5.74, 6) is 0.886. The minimum Gasteiger partial charge on any atom is -0.504 e. The number of phenols is 1. The van der Waals surface area contributed by atoms with E-state index >= 15 is 0 Å². The number of ether oxygens (including phenoxy) is 3. The van der Waals surface area contributed by atoms with Gasteiger partial charge in [0.1, 0.15) is 30.4 Å². The largest absolute Gasteiger partial charge is 0.504 e. The normalized spacial score (nSPS) is 22.5. The van der Waals surface area contributed by atoms with Crippen molar-refractivity contribution in [2.75, 3.05) is 26.1 Å². The standard InChI is InChI=1S/C19H24N5O10P/c1-31-10-3-4-11(32-2)14(25)9(10)5-20-17-13-18(22-7-21-17)24(8-23-13)19-16(27)15(26)12(34-19)6-33-35(28,29)30/h3-4,7-8,12,15-16,19,25-27H,5-6H2,1-2H3,(H,20,21,22)(H2,28,29,30)/t12-,15-,16-,19-/m1/s1. The Kier molecular flexibility index (Phi) is 7.10. The van der Waals surface area contributed by atoms with Gasteiger partial charge in [0.15, 0.2) is 34.7 Å². The fourth-order valence-electron chi connectivity index (χ4n) is 3.73. The van der Waals surface area contributed by atoms with Crippen molar-refractivity contribution in [1.82, 2.24) is 19.5 Å². The highest BCUT2D eigenvalue weighted by Gasteiger charge is 2.45. The van der Waals surface area contributed by atoms with E-state index in [1.54, 1.807) is 12.1 Å². The molecule has 1 saturated heterocycles. The van der Waals surface area contributed by atoms with Crippen molar-refractivity contribution in [2.45, 2.75) is 31.1 Å². The van der Waals surface area contributed by atoms with Crippen LogP contribution in [0.1, 0.15) is 11.8 Å². The topological polar surface area (TPSA) is 211 Å². The molecule has 1 fully saturated rings. The predicted molar refractivity (Wildman–Crippen MR) is 118 cm³/mol. The molecule has 0 spiro atoms. The van der Waals surface area contributed by atoms with Crippen LogP contribution in [-0.2, 0) is 20.4 Å². The van der Waals surface area contributed by atoms with Gasteiger partial charge in [0.25, 0.3) is 0 Å². The Morgan fingerprint density at radius 1 is 1.11 bits per heavy atom. The number of hydrogen-bond donors (Lipinski definition) is 6. The van der Waals surface area contributed by atoms with Crippen LogP contribution in [0, 0.1) is 0 Å². The number of benzene rings is 1. The molecule has 0 saturated carbocycles. The maximum atomic E-state index is 11.0. The van der Waals surface area contributed by atoms with Gasteiger partial charge in [-0.15, -0.1) is 0 Å². The molecule has 1 aromatic carbocycles. The number of anilines is 1. The number of aliphatic hydroxyl groups is 2. The van der Waals surface area contributed by atoms with Crippen molar-refractivity contribution < 1.29 is 48.4 Å². The summed E-state index contributed by atoms with van der Waals surface area (Å²) >= 11 is 0. The van der Waals surface area contributed by atoms with Gasteiger partial charge in [0, 0.05) is 6.54 Å². The number of hydrogen-bond acceptors (Lipinski definition) is 12. The van der Waals surface area contributed by atoms with Gasteiger partial charge in [-0.25, -0.2) is 19.5 Å². The fourth-order valence-corrected chi connectivity index (χ4v) is 4.07. The molecule has 190 valence electrons. The first-order chi connectivity index (χ1) is 16.6. The zero-order valence-corrected chi connectivity index (χ0v) is 19.4. The number of methoxy groups -OCH3 is 2. The molecule has 2 aromatic heterocycles. The van der Waals surface area contributed by atoms with Crippen LogP contribution in [0.3, 0.4) is 0 Å². The van der Waals surface area contributed by atoms with Crippen LogP contribution < -0.4 is 14.8 Å². The van der Waals surface area contributed by atoms with E-state index in [-0.39, 0.29) is 23.7 Å². The zero-order chi connectivity index (χ0) is 25.3. The molecule has 4 atom stereocenters. The number of aliphatic hydroxyl groups excluding tert-OH is 2. The average Bonchev–Trinajstić information content (AvgIpc) is 3.37. The number of phenolic OH excluding ortho intramolecular Hbond substituents is 1. The number of phosphoric acid groups is 1. The first-order valence-corrected chi connectivity index (χ1v) is 11.7. The van der Waals surface area contributed by atoms with Crippen LogP contribution in [0.5, 0.6) is 17.2 Å². The highest BCUT2D eigenvalue weighted by atomic mass is 31.2. The summed E-state index contributed by atoms with van der Waals surface area (Å²) in [6.07, 6.45) is -2.73. The van der Waals surface area contributed by atoms with Gasteiger partial charge in [-0.3, -0.25) is 9.09 Å². The zero-order valence-electron chi connectivity index (χ0n) is 18.5. The van der Waals surface area contributed by atoms with Crippen molar-refractivity contribution >= 4 is 24.8 Å². The molecular formula is C19H24N5O10P. The quantitative estimate of drug-likeness (QED) is 0.206. The number of imidazole rings is 1. The second-order valence-corrected chi connectivity index (χ2v) is 8.77. The molecule has 15 nitrogen and oxygen atoms in total. The van der Waals surface area contributed by atoms with E-state index in [1.165, 1.54) is 31.4 Å². The number of fused-ring (bicyclic) bond motifs is 1. The third-order valence-corrected chi connectivity index (χ3v) is 5.94. The van der Waals surface area contributed by atoms with Crippen LogP contribution in [0.4, 0.5) is 5.82 Å². The Labute approximate surface area is 198 Å². The maximum absolute atomic E-state index is 11.0. The molecule has 0 amide bonds. The number of rotatable bonds is 9. The lowest BCUT2D eigenvalue weighted by molar-refractivity contribution is -0.0504. The van der Waals surface area contributed by atoms with Crippen molar-refractivity contribution in [3.05, 3.63) is 30.4 Å². The van der Waals surface area contributed by atoms with E-state index in [0.717, 1.165) is 0 Å². The molecule has 1 aliphatic rings. The van der Waals surface area contributed by atoms with Gasteiger partial charge in [0.05, 0.1) is 32.7 Å². The second-order valence-electron chi connectivity index (χ2n) is 7.53. The van der Waals surface area contributed by atoms with Crippen molar-refractivity contribution in [3.63, 3.8) is 0 Å². The molecule has 16 heteroatoms. The van der Waals surface area contributed by atoms with Crippen LogP contribution in [0.25, 0.3) is 11.2 Å². The fraction of sp³-hybridized carbons (Fsp3) is 0.421. The Bertz CT molecular complexity index is 1250. The number of nitrogens with zero attached hydrogens (tertiary/aromatic N) is 4. The van der Waals surface area contributed by atoms with Crippen LogP contribution in [0.2, 0.25) is 0 Å². The Morgan fingerprint density at radius 3 is 2.51 bits per heavy atom. The van der Waals surface area contributed by atoms with Gasteiger partial charge < -0.3 is 44.6 Å². The molecule has 3 aromatic rings. The second kappa shape index (κ2) is 9.91. The third kappa shape index (κ3) is 5.01. The minimum atomic E-state index is -4.79. The van der Waals surface area contributed by atoms with E-state index in [1.807, 2.05) is 0 Å². The van der Waals surface area contributed by atoms with Crippen molar-refractivity contribution in [1.29, 1.82) is 0 Å². The molecule has 0 unspecified atom stereocenters. The summed E-state index contributed by atoms with van der Waals surface area (Å²) < 4.78 is 32.8.